The number of hydrogen-bond donors (Lipinski definition) is 0. The molecule has 32 heavy (non-hydrogen) atoms. The molecule has 0 fully saturated rings. The molecule has 176 valence electrons. The molecule has 2 aromatic carbocycles. The molecule has 0 amide bonds. The molecule has 0 saturated heterocycles. The smallest absolute Gasteiger partial charge is 0.162 e. The second kappa shape index (κ2) is 16.7. The van der Waals surface area contributed by atoms with Crippen LogP contribution in [0, 0.1) is 6.92 Å². The Labute approximate surface area is 198 Å². The molecule has 0 N–H and O–H groups in total. The van der Waals surface area contributed by atoms with Crippen molar-refractivity contribution in [3.05, 3.63) is 59.7 Å². The molecular weight excluding hydrogens is 388 g/mol. The van der Waals surface area contributed by atoms with Gasteiger partial charge >= 0.3 is 0 Å². The lowest BCUT2D eigenvalue weighted by Gasteiger charge is -2.05. The Morgan fingerprint density at radius 3 is 1.34 bits per heavy atom. The highest BCUT2D eigenvalue weighted by molar-refractivity contribution is 5.96. The summed E-state index contributed by atoms with van der Waals surface area (Å²) in [4.78, 5) is 12.5. The Morgan fingerprint density at radius 1 is 0.531 bits per heavy atom. The molecule has 0 unspecified atom stereocenters. The SMILES string of the molecule is CCCCCCCCCCCCCCCCCC(=O)c1ccc(-c2ccc(C)cc2)cc1. The molecule has 0 aromatic heterocycles. The summed E-state index contributed by atoms with van der Waals surface area (Å²) in [5.41, 5.74) is 4.50. The summed E-state index contributed by atoms with van der Waals surface area (Å²) in [7, 11) is 0. The first-order chi connectivity index (χ1) is 15.7. The Balaban J connectivity index is 1.45. The maximum Gasteiger partial charge on any atom is 0.162 e. The first kappa shape index (κ1) is 26.4. The van der Waals surface area contributed by atoms with E-state index in [2.05, 4.69) is 50.2 Å². The molecule has 2 rings (SSSR count). The van der Waals surface area contributed by atoms with E-state index in [1.165, 1.54) is 107 Å². The highest BCUT2D eigenvalue weighted by atomic mass is 16.1. The van der Waals surface area contributed by atoms with Gasteiger partial charge in [-0.15, -0.1) is 0 Å². The largest absolute Gasteiger partial charge is 0.294 e. The van der Waals surface area contributed by atoms with E-state index < -0.39 is 0 Å². The number of benzene rings is 2. The molecular formula is C31H46O. The van der Waals surface area contributed by atoms with Crippen LogP contribution in [-0.4, -0.2) is 5.78 Å². The number of hydrogen-bond acceptors (Lipinski definition) is 1. The second-order valence-corrected chi connectivity index (χ2v) is 9.57. The van der Waals surface area contributed by atoms with Crippen molar-refractivity contribution in [2.45, 2.75) is 117 Å². The molecule has 2 aromatic rings. The average Bonchev–Trinajstić information content (AvgIpc) is 2.82. The number of unbranched alkanes of at least 4 members (excludes halogenated alkanes) is 14. The van der Waals surface area contributed by atoms with Crippen molar-refractivity contribution in [1.82, 2.24) is 0 Å². The molecule has 1 nitrogen and oxygen atoms in total. The van der Waals surface area contributed by atoms with Gasteiger partial charge in [0.25, 0.3) is 0 Å². The Kier molecular flexibility index (Phi) is 13.8. The summed E-state index contributed by atoms with van der Waals surface area (Å²) < 4.78 is 0. The fourth-order valence-electron chi connectivity index (χ4n) is 4.40. The lowest BCUT2D eigenvalue weighted by atomic mass is 9.99. The molecule has 0 bridgehead atoms. The number of carbonyl (C=O) groups is 1. The highest BCUT2D eigenvalue weighted by Crippen LogP contribution is 2.21. The minimum atomic E-state index is 0.287. The maximum atomic E-state index is 12.5. The van der Waals surface area contributed by atoms with Crippen LogP contribution in [0.3, 0.4) is 0 Å². The van der Waals surface area contributed by atoms with Gasteiger partial charge in [-0.2, -0.15) is 0 Å². The van der Waals surface area contributed by atoms with Crippen LogP contribution < -0.4 is 0 Å². The number of Topliss-reactive ketones (excluding diaryl/α,β-unsaturated/α-hetero) is 1. The summed E-state index contributed by atoms with van der Waals surface area (Å²) in [5, 5.41) is 0. The maximum absolute atomic E-state index is 12.5. The molecule has 0 atom stereocenters. The molecule has 0 aliphatic rings. The number of ketones is 1. The predicted octanol–water partition coefficient (Wildman–Crippen LogP) is 10.1. The predicted molar refractivity (Wildman–Crippen MR) is 140 cm³/mol. The zero-order valence-corrected chi connectivity index (χ0v) is 20.8. The number of aryl methyl sites for hydroxylation is 1. The van der Waals surface area contributed by atoms with Gasteiger partial charge in [-0.3, -0.25) is 4.79 Å². The average molecular weight is 435 g/mol. The third-order valence-electron chi connectivity index (χ3n) is 6.60. The van der Waals surface area contributed by atoms with Gasteiger partial charge in [0, 0.05) is 12.0 Å². The standard InChI is InChI=1S/C31H46O/c1-3-4-5-6-7-8-9-10-11-12-13-14-15-16-17-18-31(32)30-25-23-29(24-26-30)28-21-19-27(2)20-22-28/h19-26H,3-18H2,1-2H3. The van der Waals surface area contributed by atoms with E-state index in [4.69, 9.17) is 0 Å². The van der Waals surface area contributed by atoms with Gasteiger partial charge in [0.15, 0.2) is 5.78 Å². The third kappa shape index (κ3) is 11.1. The second-order valence-electron chi connectivity index (χ2n) is 9.57. The Hall–Kier alpha value is -1.89. The van der Waals surface area contributed by atoms with Crippen molar-refractivity contribution in [1.29, 1.82) is 0 Å². The van der Waals surface area contributed by atoms with Crippen molar-refractivity contribution in [2.24, 2.45) is 0 Å². The minimum Gasteiger partial charge on any atom is -0.294 e. The van der Waals surface area contributed by atoms with Crippen LogP contribution in [0.2, 0.25) is 0 Å². The molecule has 0 spiro atoms. The highest BCUT2D eigenvalue weighted by Gasteiger charge is 2.06. The van der Waals surface area contributed by atoms with Gasteiger partial charge in [-0.05, 0) is 24.5 Å². The summed E-state index contributed by atoms with van der Waals surface area (Å²) >= 11 is 0. The lowest BCUT2D eigenvalue weighted by Crippen LogP contribution is -1.98. The zero-order chi connectivity index (χ0) is 22.9. The van der Waals surface area contributed by atoms with E-state index >= 15 is 0 Å². The third-order valence-corrected chi connectivity index (χ3v) is 6.60. The van der Waals surface area contributed by atoms with E-state index in [1.807, 2.05) is 12.1 Å². The summed E-state index contributed by atoms with van der Waals surface area (Å²) in [6.07, 6.45) is 21.0. The fraction of sp³-hybridized carbons (Fsp3) is 0.581. The summed E-state index contributed by atoms with van der Waals surface area (Å²) in [5.74, 6) is 0.287. The van der Waals surface area contributed by atoms with Crippen molar-refractivity contribution < 1.29 is 4.79 Å². The monoisotopic (exact) mass is 434 g/mol. The normalized spacial score (nSPS) is 11.1. The van der Waals surface area contributed by atoms with Crippen LogP contribution in [0.25, 0.3) is 11.1 Å². The van der Waals surface area contributed by atoms with E-state index in [-0.39, 0.29) is 5.78 Å². The summed E-state index contributed by atoms with van der Waals surface area (Å²) in [6, 6.07) is 16.7. The van der Waals surface area contributed by atoms with Gasteiger partial charge < -0.3 is 0 Å². The van der Waals surface area contributed by atoms with E-state index in [1.54, 1.807) is 0 Å². The number of carbonyl (C=O) groups excluding carboxylic acids is 1. The molecule has 0 aliphatic heterocycles. The summed E-state index contributed by atoms with van der Waals surface area (Å²) in [6.45, 7) is 4.38. The first-order valence-electron chi connectivity index (χ1n) is 13.4. The van der Waals surface area contributed by atoms with E-state index in [0.29, 0.717) is 6.42 Å². The quantitative estimate of drug-likeness (QED) is 0.168. The topological polar surface area (TPSA) is 17.1 Å². The van der Waals surface area contributed by atoms with Crippen LogP contribution in [0.15, 0.2) is 48.5 Å². The Bertz CT molecular complexity index is 726. The van der Waals surface area contributed by atoms with Crippen LogP contribution in [0.1, 0.15) is 126 Å². The van der Waals surface area contributed by atoms with Crippen molar-refractivity contribution in [3.8, 4) is 11.1 Å². The fourth-order valence-corrected chi connectivity index (χ4v) is 4.40. The molecule has 0 aliphatic carbocycles. The van der Waals surface area contributed by atoms with Gasteiger partial charge in [0.2, 0.25) is 0 Å². The van der Waals surface area contributed by atoms with Gasteiger partial charge in [-0.1, -0.05) is 151 Å². The molecule has 1 heteroatoms. The van der Waals surface area contributed by atoms with Crippen molar-refractivity contribution in [2.75, 3.05) is 0 Å². The van der Waals surface area contributed by atoms with Crippen molar-refractivity contribution >= 4 is 5.78 Å². The molecule has 0 radical (unpaired) electrons. The van der Waals surface area contributed by atoms with E-state index in [0.717, 1.165) is 12.0 Å². The van der Waals surface area contributed by atoms with Crippen LogP contribution in [-0.2, 0) is 0 Å². The van der Waals surface area contributed by atoms with Crippen LogP contribution in [0.4, 0.5) is 0 Å². The van der Waals surface area contributed by atoms with Crippen molar-refractivity contribution in [3.63, 3.8) is 0 Å². The van der Waals surface area contributed by atoms with Crippen LogP contribution in [0.5, 0.6) is 0 Å². The zero-order valence-electron chi connectivity index (χ0n) is 20.8. The first-order valence-corrected chi connectivity index (χ1v) is 13.4. The van der Waals surface area contributed by atoms with Gasteiger partial charge in [0.1, 0.15) is 0 Å². The van der Waals surface area contributed by atoms with Gasteiger partial charge in [-0.25, -0.2) is 0 Å². The number of rotatable bonds is 18. The van der Waals surface area contributed by atoms with Gasteiger partial charge in [0.05, 0.1) is 0 Å². The van der Waals surface area contributed by atoms with E-state index in [9.17, 15) is 4.79 Å². The molecule has 0 heterocycles. The lowest BCUT2D eigenvalue weighted by molar-refractivity contribution is 0.0979. The van der Waals surface area contributed by atoms with Crippen LogP contribution >= 0.6 is 0 Å². The minimum absolute atomic E-state index is 0.287. The Morgan fingerprint density at radius 2 is 0.906 bits per heavy atom. The molecule has 0 saturated carbocycles.